The molecule has 0 aromatic carbocycles. The van der Waals surface area contributed by atoms with E-state index < -0.39 is 6.04 Å². The highest BCUT2D eigenvalue weighted by atomic mass is 16.2. The Kier molecular flexibility index (Phi) is 5.10. The van der Waals surface area contributed by atoms with Gasteiger partial charge in [-0.25, -0.2) is 0 Å². The highest BCUT2D eigenvalue weighted by Crippen LogP contribution is 2.05. The van der Waals surface area contributed by atoms with Gasteiger partial charge in [-0.05, 0) is 32.4 Å². The Balaban J connectivity index is 2.73. The van der Waals surface area contributed by atoms with Gasteiger partial charge in [-0.3, -0.25) is 9.78 Å². The van der Waals surface area contributed by atoms with Gasteiger partial charge in [0, 0.05) is 12.2 Å². The molecule has 0 aliphatic heterocycles. The van der Waals surface area contributed by atoms with E-state index in [9.17, 15) is 4.79 Å². The van der Waals surface area contributed by atoms with Gasteiger partial charge in [0.1, 0.15) is 0 Å². The average Bonchev–Trinajstić information content (AvgIpc) is 2.34. The van der Waals surface area contributed by atoms with E-state index in [-0.39, 0.29) is 5.91 Å². The predicted octanol–water partition coefficient (Wildman–Crippen LogP) is 1.48. The number of carbonyl (C=O) groups is 1. The molecule has 2 N–H and O–H groups in total. The third kappa shape index (κ3) is 3.82. The molecule has 0 bridgehead atoms. The smallest absolute Gasteiger partial charge is 0.239 e. The van der Waals surface area contributed by atoms with Crippen LogP contribution in [0.5, 0.6) is 0 Å². The Labute approximate surface area is 103 Å². The molecule has 0 aliphatic rings. The van der Waals surface area contributed by atoms with Crippen LogP contribution >= 0.6 is 0 Å². The maximum absolute atomic E-state index is 12.0. The average molecular weight is 235 g/mol. The first-order valence-corrected chi connectivity index (χ1v) is 6.05. The van der Waals surface area contributed by atoms with Gasteiger partial charge in [-0.2, -0.15) is 0 Å². The van der Waals surface area contributed by atoms with Crippen LogP contribution in [-0.4, -0.2) is 28.4 Å². The molecule has 1 atom stereocenters. The number of likely N-dealkylation sites (N-methyl/N-ethyl adjacent to an activating group) is 1. The number of carbonyl (C=O) groups excluding carboxylic acids is 1. The predicted molar refractivity (Wildman–Crippen MR) is 68.3 cm³/mol. The molecule has 0 fully saturated rings. The molecule has 94 valence electrons. The number of amides is 1. The van der Waals surface area contributed by atoms with Crippen LogP contribution in [0.4, 0.5) is 0 Å². The molecule has 17 heavy (non-hydrogen) atoms. The van der Waals surface area contributed by atoms with Crippen LogP contribution in [-0.2, 0) is 11.3 Å². The van der Waals surface area contributed by atoms with Crippen molar-refractivity contribution >= 4 is 5.91 Å². The fourth-order valence-electron chi connectivity index (χ4n) is 1.64. The summed E-state index contributed by atoms with van der Waals surface area (Å²) in [6, 6.07) is 5.43. The second kappa shape index (κ2) is 6.35. The molecule has 1 amide bonds. The molecule has 0 saturated carbocycles. The van der Waals surface area contributed by atoms with Crippen molar-refractivity contribution in [1.82, 2.24) is 9.88 Å². The molecule has 4 heteroatoms. The van der Waals surface area contributed by atoms with Gasteiger partial charge in [-0.1, -0.05) is 13.0 Å². The van der Waals surface area contributed by atoms with Crippen molar-refractivity contribution < 1.29 is 4.79 Å². The second-order valence-corrected chi connectivity index (χ2v) is 4.14. The largest absolute Gasteiger partial charge is 0.336 e. The fraction of sp³-hybridized carbons (Fsp3) is 0.538. The summed E-state index contributed by atoms with van der Waals surface area (Å²) < 4.78 is 0. The molecule has 1 rings (SSSR count). The molecule has 0 saturated heterocycles. The van der Waals surface area contributed by atoms with Crippen LogP contribution in [0.2, 0.25) is 0 Å². The lowest BCUT2D eigenvalue weighted by atomic mass is 10.2. The van der Waals surface area contributed by atoms with Gasteiger partial charge < -0.3 is 10.6 Å². The molecule has 0 spiro atoms. The summed E-state index contributed by atoms with van der Waals surface area (Å²) in [5.41, 5.74) is 7.63. The van der Waals surface area contributed by atoms with Crippen molar-refractivity contribution in [2.45, 2.75) is 39.8 Å². The molecule has 0 aliphatic carbocycles. The first kappa shape index (κ1) is 13.6. The topological polar surface area (TPSA) is 59.2 Å². The summed E-state index contributed by atoms with van der Waals surface area (Å²) in [7, 11) is 0. The fourth-order valence-corrected chi connectivity index (χ4v) is 1.64. The van der Waals surface area contributed by atoms with Crippen LogP contribution < -0.4 is 5.73 Å². The molecule has 1 aromatic rings. The zero-order valence-electron chi connectivity index (χ0n) is 10.8. The number of aryl methyl sites for hydroxylation is 1. The first-order chi connectivity index (χ1) is 8.08. The Morgan fingerprint density at radius 1 is 1.47 bits per heavy atom. The van der Waals surface area contributed by atoms with Crippen LogP contribution in [0.1, 0.15) is 31.7 Å². The lowest BCUT2D eigenvalue weighted by molar-refractivity contribution is -0.133. The van der Waals surface area contributed by atoms with Crippen molar-refractivity contribution in [2.75, 3.05) is 6.54 Å². The van der Waals surface area contributed by atoms with Crippen molar-refractivity contribution in [1.29, 1.82) is 0 Å². The number of nitrogens with zero attached hydrogens (tertiary/aromatic N) is 2. The first-order valence-electron chi connectivity index (χ1n) is 6.05. The van der Waals surface area contributed by atoms with Crippen molar-refractivity contribution in [3.8, 4) is 0 Å². The zero-order valence-corrected chi connectivity index (χ0v) is 10.8. The summed E-state index contributed by atoms with van der Waals surface area (Å²) >= 11 is 0. The van der Waals surface area contributed by atoms with Crippen LogP contribution in [0.3, 0.4) is 0 Å². The number of hydrogen-bond donors (Lipinski definition) is 1. The molecular formula is C13H21N3O. The number of aromatic nitrogens is 1. The SMILES string of the molecule is CC[C@H](N)C(=O)N(CC)Cc1cccc(C)n1. The summed E-state index contributed by atoms with van der Waals surface area (Å²) in [6.45, 7) is 7.00. The molecule has 4 nitrogen and oxygen atoms in total. The van der Waals surface area contributed by atoms with Crippen molar-refractivity contribution in [3.63, 3.8) is 0 Å². The van der Waals surface area contributed by atoms with E-state index in [1.54, 1.807) is 4.90 Å². The Bertz CT molecular complexity index is 379. The van der Waals surface area contributed by atoms with E-state index in [0.717, 1.165) is 11.4 Å². The normalized spacial score (nSPS) is 12.2. The second-order valence-electron chi connectivity index (χ2n) is 4.14. The van der Waals surface area contributed by atoms with E-state index in [2.05, 4.69) is 4.98 Å². The van der Waals surface area contributed by atoms with Gasteiger partial charge in [0.25, 0.3) is 0 Å². The minimum absolute atomic E-state index is 0.00157. The van der Waals surface area contributed by atoms with Gasteiger partial charge >= 0.3 is 0 Å². The van der Waals surface area contributed by atoms with Crippen molar-refractivity contribution in [2.24, 2.45) is 5.73 Å². The Morgan fingerprint density at radius 3 is 2.71 bits per heavy atom. The molecule has 0 radical (unpaired) electrons. The third-order valence-electron chi connectivity index (χ3n) is 2.75. The van der Waals surface area contributed by atoms with E-state index >= 15 is 0 Å². The summed E-state index contributed by atoms with van der Waals surface area (Å²) in [4.78, 5) is 18.1. The Hall–Kier alpha value is -1.42. The van der Waals surface area contributed by atoms with Crippen LogP contribution in [0, 0.1) is 6.92 Å². The highest BCUT2D eigenvalue weighted by Gasteiger charge is 2.18. The number of pyridine rings is 1. The standard InChI is InChI=1S/C13H21N3O/c1-4-12(14)13(17)16(5-2)9-11-8-6-7-10(3)15-11/h6-8,12H,4-5,9,14H2,1-3H3/t12-/m0/s1. The molecule has 1 aromatic heterocycles. The van der Waals surface area contributed by atoms with Gasteiger partial charge in [0.05, 0.1) is 18.3 Å². The lowest BCUT2D eigenvalue weighted by Crippen LogP contribution is -2.43. The minimum atomic E-state index is -0.403. The summed E-state index contributed by atoms with van der Waals surface area (Å²) in [6.07, 6.45) is 0.663. The number of nitrogens with two attached hydrogens (primary N) is 1. The van der Waals surface area contributed by atoms with E-state index in [4.69, 9.17) is 5.73 Å². The molecular weight excluding hydrogens is 214 g/mol. The molecule has 0 unspecified atom stereocenters. The quantitative estimate of drug-likeness (QED) is 0.841. The van der Waals surface area contributed by atoms with Gasteiger partial charge in [0.15, 0.2) is 0 Å². The van der Waals surface area contributed by atoms with Gasteiger partial charge in [0.2, 0.25) is 5.91 Å². The van der Waals surface area contributed by atoms with E-state index in [1.807, 2.05) is 39.0 Å². The number of rotatable bonds is 5. The zero-order chi connectivity index (χ0) is 12.8. The number of hydrogen-bond acceptors (Lipinski definition) is 3. The van der Waals surface area contributed by atoms with Crippen LogP contribution in [0.15, 0.2) is 18.2 Å². The summed E-state index contributed by atoms with van der Waals surface area (Å²) in [5, 5.41) is 0. The van der Waals surface area contributed by atoms with E-state index in [1.165, 1.54) is 0 Å². The Morgan fingerprint density at radius 2 is 2.18 bits per heavy atom. The summed E-state index contributed by atoms with van der Waals surface area (Å²) in [5.74, 6) is -0.00157. The van der Waals surface area contributed by atoms with E-state index in [0.29, 0.717) is 19.5 Å². The monoisotopic (exact) mass is 235 g/mol. The third-order valence-corrected chi connectivity index (χ3v) is 2.75. The van der Waals surface area contributed by atoms with Gasteiger partial charge in [-0.15, -0.1) is 0 Å². The maximum Gasteiger partial charge on any atom is 0.239 e. The lowest BCUT2D eigenvalue weighted by Gasteiger charge is -2.23. The van der Waals surface area contributed by atoms with Crippen molar-refractivity contribution in [3.05, 3.63) is 29.6 Å². The minimum Gasteiger partial charge on any atom is -0.336 e. The highest BCUT2D eigenvalue weighted by molar-refractivity contribution is 5.81. The molecule has 1 heterocycles. The maximum atomic E-state index is 12.0. The van der Waals surface area contributed by atoms with Crippen LogP contribution in [0.25, 0.3) is 0 Å².